The van der Waals surface area contributed by atoms with Crippen LogP contribution in [0.3, 0.4) is 0 Å². The third-order valence-corrected chi connectivity index (χ3v) is 5.29. The number of nitrogens with one attached hydrogen (secondary N) is 1. The molecule has 4 rings (SSSR count). The van der Waals surface area contributed by atoms with Crippen LogP contribution in [0.2, 0.25) is 0 Å². The smallest absolute Gasteiger partial charge is 0.226 e. The molecule has 152 valence electrons. The van der Waals surface area contributed by atoms with Crippen LogP contribution < -0.4 is 5.32 Å². The molecule has 0 saturated carbocycles. The van der Waals surface area contributed by atoms with Gasteiger partial charge in [0.15, 0.2) is 0 Å². The average Bonchev–Trinajstić information content (AvgIpc) is 3.07. The summed E-state index contributed by atoms with van der Waals surface area (Å²) in [7, 11) is 1.91. The third-order valence-electron chi connectivity index (χ3n) is 5.29. The van der Waals surface area contributed by atoms with Crippen molar-refractivity contribution in [2.75, 3.05) is 13.2 Å². The van der Waals surface area contributed by atoms with Crippen molar-refractivity contribution in [3.8, 4) is 0 Å². The van der Waals surface area contributed by atoms with E-state index in [1.165, 1.54) is 12.1 Å². The number of aliphatic hydroxyl groups excluding tert-OH is 1. The van der Waals surface area contributed by atoms with Crippen molar-refractivity contribution in [3.05, 3.63) is 65.2 Å². The molecule has 3 heterocycles. The molecule has 0 spiro atoms. The van der Waals surface area contributed by atoms with E-state index in [2.05, 4.69) is 10.3 Å². The lowest BCUT2D eigenvalue weighted by molar-refractivity contribution is -0.124. The molecule has 7 heteroatoms. The van der Waals surface area contributed by atoms with E-state index in [0.717, 1.165) is 22.2 Å². The van der Waals surface area contributed by atoms with E-state index >= 15 is 0 Å². The zero-order valence-electron chi connectivity index (χ0n) is 16.3. The van der Waals surface area contributed by atoms with Crippen molar-refractivity contribution in [1.29, 1.82) is 0 Å². The van der Waals surface area contributed by atoms with Crippen LogP contribution in [0.25, 0.3) is 11.0 Å². The van der Waals surface area contributed by atoms with Gasteiger partial charge in [-0.15, -0.1) is 0 Å². The van der Waals surface area contributed by atoms with E-state index in [9.17, 15) is 14.3 Å². The molecule has 1 amide bonds. The second kappa shape index (κ2) is 8.31. The molecular formula is C22H24FN3O3. The number of benzene rings is 1. The highest BCUT2D eigenvalue weighted by atomic mass is 19.1. The lowest BCUT2D eigenvalue weighted by atomic mass is 10.0. The average molecular weight is 397 g/mol. The summed E-state index contributed by atoms with van der Waals surface area (Å²) in [6.45, 7) is 0.818. The SMILES string of the molecule is Cn1ccc2c(Cc3ccc(F)cc3)cc(CC(=O)N[C@H]3COCC[C@@H]3O)nc21. The number of pyridine rings is 1. The maximum absolute atomic E-state index is 13.2. The Labute approximate surface area is 168 Å². The summed E-state index contributed by atoms with van der Waals surface area (Å²) in [4.78, 5) is 17.2. The molecule has 2 N–H and O–H groups in total. The summed E-state index contributed by atoms with van der Waals surface area (Å²) in [5.41, 5.74) is 3.47. The van der Waals surface area contributed by atoms with Gasteiger partial charge >= 0.3 is 0 Å². The van der Waals surface area contributed by atoms with Crippen molar-refractivity contribution in [2.45, 2.75) is 31.4 Å². The van der Waals surface area contributed by atoms with Gasteiger partial charge in [0, 0.05) is 25.2 Å². The third kappa shape index (κ3) is 4.46. The summed E-state index contributed by atoms with van der Waals surface area (Å²) in [5, 5.41) is 13.9. The van der Waals surface area contributed by atoms with E-state index in [4.69, 9.17) is 4.74 Å². The first-order valence-electron chi connectivity index (χ1n) is 9.73. The number of fused-ring (bicyclic) bond motifs is 1. The van der Waals surface area contributed by atoms with Crippen molar-refractivity contribution in [2.24, 2.45) is 7.05 Å². The van der Waals surface area contributed by atoms with Crippen LogP contribution in [-0.2, 0) is 29.4 Å². The topological polar surface area (TPSA) is 76.4 Å². The Kier molecular flexibility index (Phi) is 5.60. The minimum Gasteiger partial charge on any atom is -0.391 e. The quantitative estimate of drug-likeness (QED) is 0.692. The Bertz CT molecular complexity index is 1020. The number of halogens is 1. The van der Waals surface area contributed by atoms with Crippen LogP contribution in [0.15, 0.2) is 42.6 Å². The van der Waals surface area contributed by atoms with E-state index in [-0.39, 0.29) is 18.1 Å². The van der Waals surface area contributed by atoms with E-state index in [1.807, 2.05) is 29.9 Å². The Hall–Kier alpha value is -2.77. The number of amides is 1. The van der Waals surface area contributed by atoms with Crippen LogP contribution in [0.1, 0.15) is 23.2 Å². The monoisotopic (exact) mass is 397 g/mol. The molecule has 2 atom stereocenters. The number of nitrogens with zero attached hydrogens (tertiary/aromatic N) is 2. The summed E-state index contributed by atoms with van der Waals surface area (Å²) < 4.78 is 20.5. The van der Waals surface area contributed by atoms with Gasteiger partial charge in [-0.05, 0) is 48.2 Å². The van der Waals surface area contributed by atoms with E-state index < -0.39 is 12.1 Å². The highest BCUT2D eigenvalue weighted by molar-refractivity contribution is 5.83. The largest absolute Gasteiger partial charge is 0.391 e. The van der Waals surface area contributed by atoms with Crippen molar-refractivity contribution in [1.82, 2.24) is 14.9 Å². The molecule has 1 aliphatic rings. The number of rotatable bonds is 5. The number of aryl methyl sites for hydroxylation is 1. The predicted octanol–water partition coefficient (Wildman–Crippen LogP) is 2.11. The first kappa shape index (κ1) is 19.5. The molecule has 2 aromatic heterocycles. The molecule has 1 aromatic carbocycles. The number of aliphatic hydroxyl groups is 1. The Morgan fingerprint density at radius 2 is 2.14 bits per heavy atom. The first-order valence-corrected chi connectivity index (χ1v) is 9.73. The van der Waals surface area contributed by atoms with Gasteiger partial charge in [-0.25, -0.2) is 9.37 Å². The maximum atomic E-state index is 13.2. The van der Waals surface area contributed by atoms with Crippen LogP contribution in [0.5, 0.6) is 0 Å². The lowest BCUT2D eigenvalue weighted by Crippen LogP contribution is -2.49. The molecule has 1 aliphatic heterocycles. The van der Waals surface area contributed by atoms with Crippen molar-refractivity contribution in [3.63, 3.8) is 0 Å². The van der Waals surface area contributed by atoms with Crippen LogP contribution in [0, 0.1) is 5.82 Å². The fourth-order valence-corrected chi connectivity index (χ4v) is 3.70. The van der Waals surface area contributed by atoms with Gasteiger partial charge in [0.1, 0.15) is 11.5 Å². The van der Waals surface area contributed by atoms with Gasteiger partial charge in [0.25, 0.3) is 0 Å². The summed E-state index contributed by atoms with van der Waals surface area (Å²) in [6, 6.07) is 9.96. The van der Waals surface area contributed by atoms with Crippen LogP contribution >= 0.6 is 0 Å². The highest BCUT2D eigenvalue weighted by Crippen LogP contribution is 2.23. The number of hydrogen-bond donors (Lipinski definition) is 2. The van der Waals surface area contributed by atoms with E-state index in [1.54, 1.807) is 12.1 Å². The Morgan fingerprint density at radius 3 is 2.90 bits per heavy atom. The fourth-order valence-electron chi connectivity index (χ4n) is 3.70. The van der Waals surface area contributed by atoms with E-state index in [0.29, 0.717) is 31.7 Å². The number of carbonyl (C=O) groups excluding carboxylic acids is 1. The molecule has 0 radical (unpaired) electrons. The van der Waals surface area contributed by atoms with Crippen molar-refractivity contribution < 1.29 is 19.0 Å². The zero-order chi connectivity index (χ0) is 20.4. The lowest BCUT2D eigenvalue weighted by Gasteiger charge is -2.28. The Balaban J connectivity index is 1.56. The van der Waals surface area contributed by atoms with Crippen LogP contribution in [0.4, 0.5) is 4.39 Å². The zero-order valence-corrected chi connectivity index (χ0v) is 16.3. The maximum Gasteiger partial charge on any atom is 0.226 e. The van der Waals surface area contributed by atoms with Gasteiger partial charge < -0.3 is 19.7 Å². The molecule has 0 bridgehead atoms. The number of ether oxygens (including phenoxy) is 1. The molecule has 3 aromatic rings. The minimum absolute atomic E-state index is 0.112. The van der Waals surface area contributed by atoms with Gasteiger partial charge in [0.05, 0.1) is 30.9 Å². The minimum atomic E-state index is -0.593. The molecule has 0 aliphatic carbocycles. The molecule has 1 saturated heterocycles. The summed E-state index contributed by atoms with van der Waals surface area (Å²) >= 11 is 0. The van der Waals surface area contributed by atoms with Crippen molar-refractivity contribution >= 4 is 16.9 Å². The summed E-state index contributed by atoms with van der Waals surface area (Å²) in [5.74, 6) is -0.465. The second-order valence-electron chi connectivity index (χ2n) is 7.52. The number of hydrogen-bond acceptors (Lipinski definition) is 4. The highest BCUT2D eigenvalue weighted by Gasteiger charge is 2.25. The van der Waals surface area contributed by atoms with Gasteiger partial charge in [-0.2, -0.15) is 0 Å². The molecular weight excluding hydrogens is 373 g/mol. The normalized spacial score (nSPS) is 19.4. The Morgan fingerprint density at radius 1 is 1.34 bits per heavy atom. The first-order chi connectivity index (χ1) is 14.0. The summed E-state index contributed by atoms with van der Waals surface area (Å²) in [6.07, 6.45) is 2.59. The van der Waals surface area contributed by atoms with Crippen LogP contribution in [-0.4, -0.2) is 45.9 Å². The van der Waals surface area contributed by atoms with Gasteiger partial charge in [-0.1, -0.05) is 12.1 Å². The van der Waals surface area contributed by atoms with Gasteiger partial charge in [0.2, 0.25) is 5.91 Å². The molecule has 6 nitrogen and oxygen atoms in total. The second-order valence-corrected chi connectivity index (χ2v) is 7.52. The standard InChI is InChI=1S/C22H24FN3O3/c1-26-8-6-18-15(10-14-2-4-16(23)5-3-14)11-17(24-22(18)26)12-21(28)25-19-13-29-9-7-20(19)27/h2-6,8,11,19-20,27H,7,9-10,12-13H2,1H3,(H,25,28)/t19-,20-/m0/s1. The fraction of sp³-hybridized carbons (Fsp3) is 0.364. The molecule has 1 fully saturated rings. The number of carbonyl (C=O) groups is 1. The molecule has 0 unspecified atom stereocenters. The number of aromatic nitrogens is 2. The molecule has 29 heavy (non-hydrogen) atoms. The predicted molar refractivity (Wildman–Crippen MR) is 107 cm³/mol. The van der Waals surface area contributed by atoms with Gasteiger partial charge in [-0.3, -0.25) is 4.79 Å².